The van der Waals surface area contributed by atoms with E-state index < -0.39 is 10.0 Å². The number of rotatable bonds is 0. The molecule has 4 nitrogen and oxygen atoms in total. The van der Waals surface area contributed by atoms with E-state index in [0.29, 0.717) is 6.42 Å². The van der Waals surface area contributed by atoms with Crippen molar-refractivity contribution >= 4 is 15.1 Å². The maximum Gasteiger partial charge on any atom is 0.255 e. The number of sulfonamides is 1. The van der Waals surface area contributed by atoms with E-state index in [4.69, 9.17) is 5.14 Å². The third-order valence-electron chi connectivity index (χ3n) is 1.13. The molecule has 0 atom stereocenters. The van der Waals surface area contributed by atoms with Crippen LogP contribution in [0.15, 0.2) is 29.4 Å². The Bertz CT molecular complexity index is 324. The van der Waals surface area contributed by atoms with Gasteiger partial charge in [0.25, 0.3) is 10.0 Å². The fraction of sp³-hybridized carbons (Fsp3) is 0.167. The highest BCUT2D eigenvalue weighted by Crippen LogP contribution is 1.98. The molecule has 60 valence electrons. The van der Waals surface area contributed by atoms with Gasteiger partial charge in [-0.1, -0.05) is 12.2 Å². The summed E-state index contributed by atoms with van der Waals surface area (Å²) in [5, 5.41) is 4.74. The van der Waals surface area contributed by atoms with Crippen LogP contribution < -0.4 is 5.14 Å². The molecule has 0 unspecified atom stereocenters. The minimum atomic E-state index is -3.64. The van der Waals surface area contributed by atoms with Crippen molar-refractivity contribution in [2.45, 2.75) is 6.42 Å². The lowest BCUT2D eigenvalue weighted by Crippen LogP contribution is -2.21. The lowest BCUT2D eigenvalue weighted by atomic mass is 10.4. The van der Waals surface area contributed by atoms with E-state index in [2.05, 4.69) is 4.99 Å². The molecule has 2 N–H and O–H groups in total. The number of hydrogen-bond acceptors (Lipinski definition) is 3. The van der Waals surface area contributed by atoms with Gasteiger partial charge >= 0.3 is 0 Å². The molecule has 1 heterocycles. The number of primary sulfonamides is 1. The molecule has 1 aliphatic heterocycles. The minimum absolute atomic E-state index is 0.0914. The smallest absolute Gasteiger partial charge is 0.244 e. The first kappa shape index (κ1) is 8.16. The number of nitrogens with zero attached hydrogens (tertiary/aromatic N) is 1. The van der Waals surface area contributed by atoms with Gasteiger partial charge in [-0.15, -0.1) is 0 Å². The molecule has 1 aliphatic rings. The standard InChI is InChI=1S/C6H8N2O2S/c7-11(9,10)6-4-2-1-3-5-8-6/h2-5H,1H2,(H2,7,9,10). The van der Waals surface area contributed by atoms with E-state index in [9.17, 15) is 8.42 Å². The highest BCUT2D eigenvalue weighted by Gasteiger charge is 2.09. The number of aliphatic imine (C=N–C) groups is 1. The zero-order valence-corrected chi connectivity index (χ0v) is 6.58. The van der Waals surface area contributed by atoms with Crippen molar-refractivity contribution in [2.75, 3.05) is 0 Å². The Morgan fingerprint density at radius 1 is 1.45 bits per heavy atom. The minimum Gasteiger partial charge on any atom is -0.244 e. The van der Waals surface area contributed by atoms with Crippen molar-refractivity contribution in [1.82, 2.24) is 0 Å². The first-order chi connectivity index (χ1) is 5.11. The van der Waals surface area contributed by atoms with Crippen molar-refractivity contribution in [3.05, 3.63) is 24.4 Å². The van der Waals surface area contributed by atoms with Gasteiger partial charge in [-0.05, 0) is 12.5 Å². The lowest BCUT2D eigenvalue weighted by molar-refractivity contribution is 0.609. The highest BCUT2D eigenvalue weighted by atomic mass is 32.2. The summed E-state index contributed by atoms with van der Waals surface area (Å²) in [6.07, 6.45) is 6.94. The van der Waals surface area contributed by atoms with Gasteiger partial charge < -0.3 is 0 Å². The Labute approximate surface area is 65.2 Å². The van der Waals surface area contributed by atoms with E-state index in [-0.39, 0.29) is 5.04 Å². The zero-order valence-electron chi connectivity index (χ0n) is 5.77. The fourth-order valence-corrected chi connectivity index (χ4v) is 1.14. The first-order valence-electron chi connectivity index (χ1n) is 3.03. The maximum absolute atomic E-state index is 10.7. The van der Waals surface area contributed by atoms with E-state index in [1.54, 1.807) is 12.2 Å². The summed E-state index contributed by atoms with van der Waals surface area (Å²) in [5.41, 5.74) is 0. The van der Waals surface area contributed by atoms with Crippen molar-refractivity contribution in [3.63, 3.8) is 0 Å². The highest BCUT2D eigenvalue weighted by molar-refractivity contribution is 8.04. The summed E-state index contributed by atoms with van der Waals surface area (Å²) in [6, 6.07) is 0. The van der Waals surface area contributed by atoms with Crippen LogP contribution in [-0.4, -0.2) is 13.5 Å². The molecule has 0 saturated carbocycles. The molecule has 1 rings (SSSR count). The van der Waals surface area contributed by atoms with Crippen LogP contribution in [0.3, 0.4) is 0 Å². The molecular formula is C6H8N2O2S. The number of nitrogens with two attached hydrogens (primary N) is 1. The van der Waals surface area contributed by atoms with Crippen LogP contribution in [-0.2, 0) is 10.0 Å². The molecule has 0 radical (unpaired) electrons. The van der Waals surface area contributed by atoms with Gasteiger partial charge in [-0.2, -0.15) is 0 Å². The van der Waals surface area contributed by atoms with E-state index in [1.165, 1.54) is 12.3 Å². The van der Waals surface area contributed by atoms with Crippen molar-refractivity contribution < 1.29 is 8.42 Å². The largest absolute Gasteiger partial charge is 0.255 e. The summed E-state index contributed by atoms with van der Waals surface area (Å²) in [7, 11) is -3.64. The summed E-state index contributed by atoms with van der Waals surface area (Å²) in [4.78, 5) is 3.63. The number of hydrogen-bond donors (Lipinski definition) is 1. The second-order valence-corrected chi connectivity index (χ2v) is 3.54. The topological polar surface area (TPSA) is 72.5 Å². The molecule has 11 heavy (non-hydrogen) atoms. The predicted octanol–water partition coefficient (Wildman–Crippen LogP) is 0.147. The van der Waals surface area contributed by atoms with Crippen molar-refractivity contribution in [1.29, 1.82) is 0 Å². The van der Waals surface area contributed by atoms with Gasteiger partial charge in [0.1, 0.15) is 0 Å². The van der Waals surface area contributed by atoms with Crippen LogP contribution >= 0.6 is 0 Å². The van der Waals surface area contributed by atoms with Crippen LogP contribution in [0.25, 0.3) is 0 Å². The average molecular weight is 172 g/mol. The van der Waals surface area contributed by atoms with Crippen molar-refractivity contribution in [3.8, 4) is 0 Å². The van der Waals surface area contributed by atoms with Crippen LogP contribution in [0.2, 0.25) is 0 Å². The molecule has 0 aliphatic carbocycles. The summed E-state index contributed by atoms with van der Waals surface area (Å²) < 4.78 is 21.4. The van der Waals surface area contributed by atoms with E-state index >= 15 is 0 Å². The Balaban J connectivity index is 3.05. The SMILES string of the molecule is NS(=O)(=O)C1=NC=CCC=C1. The molecule has 0 spiro atoms. The van der Waals surface area contributed by atoms with E-state index in [1.807, 2.05) is 0 Å². The Morgan fingerprint density at radius 3 is 2.82 bits per heavy atom. The molecular weight excluding hydrogens is 164 g/mol. The lowest BCUT2D eigenvalue weighted by Gasteiger charge is -1.92. The molecule has 0 fully saturated rings. The molecule has 0 aromatic rings. The molecule has 0 aromatic carbocycles. The van der Waals surface area contributed by atoms with Gasteiger partial charge in [0, 0.05) is 6.20 Å². The second-order valence-electron chi connectivity index (χ2n) is 2.04. The van der Waals surface area contributed by atoms with Crippen LogP contribution in [0.5, 0.6) is 0 Å². The second kappa shape index (κ2) is 2.98. The third-order valence-corrected chi connectivity index (χ3v) is 1.96. The summed E-state index contributed by atoms with van der Waals surface area (Å²) >= 11 is 0. The fourth-order valence-electron chi connectivity index (χ4n) is 0.646. The van der Waals surface area contributed by atoms with Gasteiger partial charge in [-0.3, -0.25) is 0 Å². The zero-order chi connectivity index (χ0) is 8.32. The predicted molar refractivity (Wildman–Crippen MR) is 43.4 cm³/mol. The molecule has 0 aromatic heterocycles. The van der Waals surface area contributed by atoms with Crippen LogP contribution in [0.4, 0.5) is 0 Å². The summed E-state index contributed by atoms with van der Waals surface area (Å²) in [5.74, 6) is 0. The Morgan fingerprint density at radius 2 is 2.18 bits per heavy atom. The Hall–Kier alpha value is -0.940. The monoisotopic (exact) mass is 172 g/mol. The van der Waals surface area contributed by atoms with Crippen molar-refractivity contribution in [2.24, 2.45) is 10.1 Å². The first-order valence-corrected chi connectivity index (χ1v) is 4.57. The molecule has 5 heteroatoms. The summed E-state index contributed by atoms with van der Waals surface area (Å²) in [6.45, 7) is 0. The number of allylic oxidation sites excluding steroid dienone is 2. The molecule has 0 amide bonds. The Kier molecular flexibility index (Phi) is 2.21. The third kappa shape index (κ3) is 2.28. The normalized spacial score (nSPS) is 17.7. The van der Waals surface area contributed by atoms with Gasteiger partial charge in [0.15, 0.2) is 5.04 Å². The molecule has 0 bridgehead atoms. The van der Waals surface area contributed by atoms with Gasteiger partial charge in [-0.25, -0.2) is 18.5 Å². The van der Waals surface area contributed by atoms with Gasteiger partial charge in [0.05, 0.1) is 0 Å². The average Bonchev–Trinajstić information content (AvgIpc) is 2.10. The maximum atomic E-state index is 10.7. The quantitative estimate of drug-likeness (QED) is 0.564. The van der Waals surface area contributed by atoms with Crippen LogP contribution in [0.1, 0.15) is 6.42 Å². The van der Waals surface area contributed by atoms with Gasteiger partial charge in [0.2, 0.25) is 0 Å². The van der Waals surface area contributed by atoms with E-state index in [0.717, 1.165) is 0 Å². The molecule has 0 saturated heterocycles. The van der Waals surface area contributed by atoms with Crippen LogP contribution in [0, 0.1) is 0 Å².